The summed E-state index contributed by atoms with van der Waals surface area (Å²) < 4.78 is 5.17. The lowest BCUT2D eigenvalue weighted by molar-refractivity contribution is -0.385. The highest BCUT2D eigenvalue weighted by atomic mass is 79.9. The molecule has 5 rings (SSSR count). The molecule has 10 nitrogen and oxygen atoms in total. The molecule has 0 radical (unpaired) electrons. The number of imide groups is 1. The average molecular weight is 635 g/mol. The number of carbonyl (C=O) groups excluding carboxylic acids is 4. The number of para-hydroxylation sites is 1. The molecule has 3 amide bonds. The lowest BCUT2D eigenvalue weighted by Crippen LogP contribution is -2.52. The molecule has 1 aliphatic heterocycles. The van der Waals surface area contributed by atoms with Gasteiger partial charge in [0.25, 0.3) is 23.4 Å². The van der Waals surface area contributed by atoms with Crippen LogP contribution in [0.1, 0.15) is 27.1 Å². The van der Waals surface area contributed by atoms with Crippen LogP contribution in [0.4, 0.5) is 5.69 Å². The summed E-state index contributed by atoms with van der Waals surface area (Å²) in [5.41, 5.74) is -0.629. The third kappa shape index (κ3) is 4.06. The number of ether oxygens (including phenoxy) is 1. The van der Waals surface area contributed by atoms with Gasteiger partial charge in [0.15, 0.2) is 5.78 Å². The first kappa shape index (κ1) is 25.5. The first-order chi connectivity index (χ1) is 17.6. The zero-order valence-corrected chi connectivity index (χ0v) is 22.6. The number of nitro benzene ring substituents is 1. The van der Waals surface area contributed by atoms with Crippen LogP contribution in [0.5, 0.6) is 5.75 Å². The largest absolute Gasteiger partial charge is 0.497 e. The highest BCUT2D eigenvalue weighted by Gasteiger charge is 2.67. The van der Waals surface area contributed by atoms with E-state index in [-0.39, 0.29) is 32.6 Å². The number of hydrogen-bond donors (Lipinski definition) is 0. The molecule has 2 saturated carbocycles. The summed E-state index contributed by atoms with van der Waals surface area (Å²) in [6, 6.07) is 11.5. The van der Waals surface area contributed by atoms with Gasteiger partial charge in [-0.2, -0.15) is 5.01 Å². The molecule has 2 aliphatic carbocycles. The molecule has 2 aromatic carbocycles. The molecule has 3 fully saturated rings. The third-order valence-electron chi connectivity index (χ3n) is 7.46. The number of amides is 3. The lowest BCUT2D eigenvalue weighted by atomic mass is 9.81. The van der Waals surface area contributed by atoms with Crippen molar-refractivity contribution in [2.45, 2.75) is 16.1 Å². The van der Waals surface area contributed by atoms with E-state index in [0.717, 1.165) is 16.1 Å². The molecular formula is C25H21Br2N3O7. The van der Waals surface area contributed by atoms with Gasteiger partial charge in [0.2, 0.25) is 0 Å². The van der Waals surface area contributed by atoms with Gasteiger partial charge in [-0.25, -0.2) is 5.01 Å². The van der Waals surface area contributed by atoms with Crippen LogP contribution in [0.15, 0.2) is 48.5 Å². The molecule has 192 valence electrons. The van der Waals surface area contributed by atoms with Crippen molar-refractivity contribution >= 4 is 61.1 Å². The number of halogens is 2. The minimum Gasteiger partial charge on any atom is -0.497 e. The lowest BCUT2D eigenvalue weighted by Gasteiger charge is -2.30. The third-order valence-corrected chi connectivity index (χ3v) is 10.7. The summed E-state index contributed by atoms with van der Waals surface area (Å²) in [6.45, 7) is -0.667. The number of carbonyl (C=O) groups is 4. The Morgan fingerprint density at radius 2 is 1.68 bits per heavy atom. The molecule has 0 N–H and O–H groups in total. The SMILES string of the molecule is COc1cccc(C(=O)CN(C(=O)c2ccccc2[N+](=O)[O-])N2C(=O)[C@@H]3[C@H]4C[C@@H]([C@H](Br)[C@H]4Br)[C@H]3C2=O)c1. The number of nitrogens with zero attached hydrogens (tertiary/aromatic N) is 3. The van der Waals surface area contributed by atoms with E-state index in [2.05, 4.69) is 31.9 Å². The van der Waals surface area contributed by atoms with E-state index in [1.54, 1.807) is 12.1 Å². The molecular weight excluding hydrogens is 614 g/mol. The van der Waals surface area contributed by atoms with E-state index >= 15 is 0 Å². The normalized spacial score (nSPS) is 27.8. The van der Waals surface area contributed by atoms with Crippen LogP contribution in [-0.2, 0) is 9.59 Å². The maximum absolute atomic E-state index is 13.7. The van der Waals surface area contributed by atoms with E-state index in [0.29, 0.717) is 12.2 Å². The molecule has 0 spiro atoms. The van der Waals surface area contributed by atoms with Gasteiger partial charge in [-0.15, -0.1) is 0 Å². The van der Waals surface area contributed by atoms with Crippen molar-refractivity contribution in [3.8, 4) is 5.75 Å². The number of hydrogen-bond acceptors (Lipinski definition) is 7. The topological polar surface area (TPSA) is 127 Å². The second kappa shape index (κ2) is 9.64. The van der Waals surface area contributed by atoms with Crippen LogP contribution < -0.4 is 4.74 Å². The van der Waals surface area contributed by atoms with Crippen LogP contribution in [0.2, 0.25) is 0 Å². The van der Waals surface area contributed by atoms with E-state index in [9.17, 15) is 29.3 Å². The van der Waals surface area contributed by atoms with Gasteiger partial charge in [-0.05, 0) is 36.5 Å². The van der Waals surface area contributed by atoms with Crippen LogP contribution in [-0.4, -0.2) is 61.8 Å². The number of nitro groups is 1. The van der Waals surface area contributed by atoms with E-state index in [1.165, 1.54) is 37.4 Å². The monoisotopic (exact) mass is 633 g/mol. The van der Waals surface area contributed by atoms with Gasteiger partial charge in [0.1, 0.15) is 17.9 Å². The number of rotatable bonds is 7. The van der Waals surface area contributed by atoms with Crippen LogP contribution in [0.25, 0.3) is 0 Å². The van der Waals surface area contributed by atoms with Gasteiger partial charge in [0, 0.05) is 21.3 Å². The summed E-state index contributed by atoms with van der Waals surface area (Å²) in [5, 5.41) is 13.1. The maximum Gasteiger partial charge on any atom is 0.282 e. The Bertz CT molecular complexity index is 1300. The van der Waals surface area contributed by atoms with E-state index < -0.39 is 52.5 Å². The number of methoxy groups -OCH3 is 1. The van der Waals surface area contributed by atoms with Crippen LogP contribution >= 0.6 is 31.9 Å². The number of Topliss-reactive ketones (excluding diaryl/α,β-unsaturated/α-hetero) is 1. The minimum atomic E-state index is -0.983. The molecule has 2 aromatic rings. The second-order valence-electron chi connectivity index (χ2n) is 9.28. The van der Waals surface area contributed by atoms with Crippen molar-refractivity contribution in [1.82, 2.24) is 10.0 Å². The highest BCUT2D eigenvalue weighted by Crippen LogP contribution is 2.60. The summed E-state index contributed by atoms with van der Waals surface area (Å²) in [4.78, 5) is 65.2. The van der Waals surface area contributed by atoms with Gasteiger partial charge in [-0.3, -0.25) is 29.3 Å². The summed E-state index contributed by atoms with van der Waals surface area (Å²) in [5.74, 6) is -3.78. The molecule has 2 bridgehead atoms. The van der Waals surface area contributed by atoms with E-state index in [4.69, 9.17) is 4.74 Å². The van der Waals surface area contributed by atoms with Crippen molar-refractivity contribution < 1.29 is 28.8 Å². The fourth-order valence-corrected chi connectivity index (χ4v) is 7.65. The predicted molar refractivity (Wildman–Crippen MR) is 137 cm³/mol. The molecule has 0 unspecified atom stereocenters. The van der Waals surface area contributed by atoms with Crippen molar-refractivity contribution in [3.63, 3.8) is 0 Å². The van der Waals surface area contributed by atoms with E-state index in [1.807, 2.05) is 0 Å². The van der Waals surface area contributed by atoms with Crippen molar-refractivity contribution in [2.24, 2.45) is 23.7 Å². The number of ketones is 1. The smallest absolute Gasteiger partial charge is 0.282 e. The predicted octanol–water partition coefficient (Wildman–Crippen LogP) is 3.62. The zero-order valence-electron chi connectivity index (χ0n) is 19.5. The second-order valence-corrected chi connectivity index (χ2v) is 11.4. The Balaban J connectivity index is 1.55. The average Bonchev–Trinajstić information content (AvgIpc) is 3.51. The molecule has 0 aromatic heterocycles. The maximum atomic E-state index is 13.7. The summed E-state index contributed by atoms with van der Waals surface area (Å²) in [6.07, 6.45) is 0.688. The molecule has 1 saturated heterocycles. The summed E-state index contributed by atoms with van der Waals surface area (Å²) >= 11 is 7.25. The molecule has 12 heteroatoms. The summed E-state index contributed by atoms with van der Waals surface area (Å²) in [7, 11) is 1.44. The van der Waals surface area contributed by atoms with Crippen molar-refractivity contribution in [2.75, 3.05) is 13.7 Å². The Hall–Kier alpha value is -3.12. The molecule has 1 heterocycles. The highest BCUT2D eigenvalue weighted by molar-refractivity contribution is 9.12. The van der Waals surface area contributed by atoms with Gasteiger partial charge in [0.05, 0.1) is 23.9 Å². The van der Waals surface area contributed by atoms with Crippen LogP contribution in [0, 0.1) is 33.8 Å². The first-order valence-electron chi connectivity index (χ1n) is 11.5. The fraction of sp³-hybridized carbons (Fsp3) is 0.360. The van der Waals surface area contributed by atoms with Crippen LogP contribution in [0.3, 0.4) is 0 Å². The molecule has 37 heavy (non-hydrogen) atoms. The van der Waals surface area contributed by atoms with Crippen molar-refractivity contribution in [1.29, 1.82) is 0 Å². The Labute approximate surface area is 228 Å². The zero-order chi connectivity index (χ0) is 26.6. The Kier molecular flexibility index (Phi) is 6.65. The number of alkyl halides is 2. The quantitative estimate of drug-likeness (QED) is 0.150. The molecule has 3 aliphatic rings. The van der Waals surface area contributed by atoms with Gasteiger partial charge < -0.3 is 4.74 Å². The minimum absolute atomic E-state index is 0.0202. The number of benzene rings is 2. The number of hydrazine groups is 1. The standard InChI is InChI=1S/C25H21Br2N3O7/c1-37-13-6-4-5-12(9-13)18(31)11-28(23(32)14-7-2-3-8-17(14)30(35)36)29-24(33)19-15-10-16(20(19)25(29)34)22(27)21(15)26/h2-9,15-16,19-22H,10-11H2,1H3/t15-,16-,19-,20-,21+,22+/m1/s1. The Morgan fingerprint density at radius 1 is 1.05 bits per heavy atom. The van der Waals surface area contributed by atoms with Gasteiger partial charge >= 0.3 is 0 Å². The first-order valence-corrected chi connectivity index (χ1v) is 13.4. The van der Waals surface area contributed by atoms with Crippen molar-refractivity contribution in [3.05, 3.63) is 69.8 Å². The Morgan fingerprint density at radius 3 is 2.27 bits per heavy atom. The fourth-order valence-electron chi connectivity index (χ4n) is 5.78. The van der Waals surface area contributed by atoms with Gasteiger partial charge in [-0.1, -0.05) is 56.1 Å². The molecule has 6 atom stereocenters. The number of fused-ring (bicyclic) bond motifs is 5.